The smallest absolute Gasteiger partial charge is 0.223 e. The highest BCUT2D eigenvalue weighted by molar-refractivity contribution is 5.86. The van der Waals surface area contributed by atoms with E-state index in [4.69, 9.17) is 0 Å². The van der Waals surface area contributed by atoms with E-state index in [0.29, 0.717) is 12.3 Å². The van der Waals surface area contributed by atoms with Crippen LogP contribution in [0.2, 0.25) is 0 Å². The van der Waals surface area contributed by atoms with Crippen LogP contribution in [-0.2, 0) is 9.59 Å². The van der Waals surface area contributed by atoms with Gasteiger partial charge in [0.05, 0.1) is 0 Å². The second-order valence-electron chi connectivity index (χ2n) is 5.91. The number of nitrogens with zero attached hydrogens (tertiary/aromatic N) is 1. The molecule has 1 saturated heterocycles. The Bertz CT molecular complexity index is 302. The zero-order chi connectivity index (χ0) is 13.0. The van der Waals surface area contributed by atoms with Crippen molar-refractivity contribution in [3.63, 3.8) is 0 Å². The lowest BCUT2D eigenvalue weighted by Crippen LogP contribution is -2.34. The molecule has 0 aromatic rings. The number of rotatable bonds is 4. The second kappa shape index (κ2) is 6.35. The number of hydrogen-bond donors (Lipinski definition) is 0. The van der Waals surface area contributed by atoms with Gasteiger partial charge in [-0.1, -0.05) is 19.3 Å². The highest BCUT2D eigenvalue weighted by Crippen LogP contribution is 2.32. The Hall–Kier alpha value is -0.860. The first kappa shape index (κ1) is 13.6. The maximum absolute atomic E-state index is 12.2. The number of ketones is 1. The third-order valence-electron chi connectivity index (χ3n) is 4.59. The van der Waals surface area contributed by atoms with Crippen LogP contribution in [0, 0.1) is 11.8 Å². The zero-order valence-corrected chi connectivity index (χ0v) is 11.5. The van der Waals surface area contributed by atoms with Crippen LogP contribution < -0.4 is 0 Å². The Morgan fingerprint density at radius 1 is 1.06 bits per heavy atom. The summed E-state index contributed by atoms with van der Waals surface area (Å²) < 4.78 is 0. The van der Waals surface area contributed by atoms with Gasteiger partial charge in [-0.2, -0.15) is 0 Å². The van der Waals surface area contributed by atoms with Crippen molar-refractivity contribution in [2.24, 2.45) is 11.8 Å². The molecule has 18 heavy (non-hydrogen) atoms. The molecule has 0 aromatic heterocycles. The molecule has 0 bridgehead atoms. The molecule has 0 radical (unpaired) electrons. The van der Waals surface area contributed by atoms with Crippen molar-refractivity contribution in [2.45, 2.75) is 58.3 Å². The third-order valence-corrected chi connectivity index (χ3v) is 4.59. The summed E-state index contributed by atoms with van der Waals surface area (Å²) in [7, 11) is 0. The van der Waals surface area contributed by atoms with Crippen LogP contribution in [0.15, 0.2) is 0 Å². The van der Waals surface area contributed by atoms with Crippen LogP contribution in [0.1, 0.15) is 58.3 Å². The van der Waals surface area contributed by atoms with Crippen molar-refractivity contribution in [1.82, 2.24) is 4.90 Å². The average molecular weight is 251 g/mol. The normalized spacial score (nSPS) is 23.1. The molecule has 1 aliphatic carbocycles. The summed E-state index contributed by atoms with van der Waals surface area (Å²) >= 11 is 0. The van der Waals surface area contributed by atoms with Crippen LogP contribution in [0.4, 0.5) is 0 Å². The Morgan fingerprint density at radius 2 is 1.67 bits per heavy atom. The molecule has 3 nitrogen and oxygen atoms in total. The van der Waals surface area contributed by atoms with E-state index in [1.54, 1.807) is 6.92 Å². The summed E-state index contributed by atoms with van der Waals surface area (Å²) in [6.07, 6.45) is 8.73. The lowest BCUT2D eigenvalue weighted by molar-refractivity contribution is -0.135. The monoisotopic (exact) mass is 251 g/mol. The number of Topliss-reactive ketones (excluding diaryl/α,β-unsaturated/α-hetero) is 1. The Balaban J connectivity index is 1.92. The van der Waals surface area contributed by atoms with Crippen molar-refractivity contribution in [3.8, 4) is 0 Å². The van der Waals surface area contributed by atoms with Crippen LogP contribution in [0.5, 0.6) is 0 Å². The first-order chi connectivity index (χ1) is 8.68. The van der Waals surface area contributed by atoms with Gasteiger partial charge in [0.1, 0.15) is 5.78 Å². The molecule has 1 aliphatic heterocycles. The molecule has 0 aromatic carbocycles. The van der Waals surface area contributed by atoms with Gasteiger partial charge in [-0.25, -0.2) is 0 Å². The summed E-state index contributed by atoms with van der Waals surface area (Å²) in [5.41, 5.74) is 0. The quantitative estimate of drug-likeness (QED) is 0.770. The van der Waals surface area contributed by atoms with E-state index in [0.717, 1.165) is 38.8 Å². The van der Waals surface area contributed by atoms with Gasteiger partial charge < -0.3 is 4.90 Å². The standard InChI is InChI=1S/C15H25NO2/c1-12(17)14(13-7-3-2-4-8-13)11-15(18)16-9-5-6-10-16/h13-14H,2-11H2,1H3/t14-/m1/s1. The van der Waals surface area contributed by atoms with E-state index < -0.39 is 0 Å². The van der Waals surface area contributed by atoms with Crippen LogP contribution in [0.25, 0.3) is 0 Å². The third kappa shape index (κ3) is 3.33. The van der Waals surface area contributed by atoms with Gasteiger partial charge in [0.2, 0.25) is 5.91 Å². The molecule has 2 fully saturated rings. The molecule has 0 N–H and O–H groups in total. The number of carbonyl (C=O) groups is 2. The second-order valence-corrected chi connectivity index (χ2v) is 5.91. The van der Waals surface area contributed by atoms with E-state index >= 15 is 0 Å². The Kier molecular flexibility index (Phi) is 4.79. The number of hydrogen-bond acceptors (Lipinski definition) is 2. The minimum Gasteiger partial charge on any atom is -0.343 e. The number of carbonyl (C=O) groups excluding carboxylic acids is 2. The molecule has 102 valence electrons. The van der Waals surface area contributed by atoms with Gasteiger partial charge in [0, 0.05) is 25.4 Å². The molecule has 0 spiro atoms. The van der Waals surface area contributed by atoms with Crippen molar-refractivity contribution < 1.29 is 9.59 Å². The van der Waals surface area contributed by atoms with Crippen molar-refractivity contribution in [3.05, 3.63) is 0 Å². The summed E-state index contributed by atoms with van der Waals surface area (Å²) in [4.78, 5) is 25.9. The minimum absolute atomic E-state index is 0.0154. The van der Waals surface area contributed by atoms with Gasteiger partial charge in [0.15, 0.2) is 0 Å². The predicted octanol–water partition coefficient (Wildman–Crippen LogP) is 2.78. The fraction of sp³-hybridized carbons (Fsp3) is 0.867. The molecule has 1 saturated carbocycles. The van der Waals surface area contributed by atoms with Crippen molar-refractivity contribution in [1.29, 1.82) is 0 Å². The SMILES string of the molecule is CC(=O)[C@@H](CC(=O)N1CCCC1)C1CCCCC1. The first-order valence-electron chi connectivity index (χ1n) is 7.46. The van der Waals surface area contributed by atoms with E-state index in [1.807, 2.05) is 4.90 Å². The molecule has 3 heteroatoms. The van der Waals surface area contributed by atoms with Crippen LogP contribution in [-0.4, -0.2) is 29.7 Å². The number of likely N-dealkylation sites (tertiary alicyclic amines) is 1. The van der Waals surface area contributed by atoms with Crippen molar-refractivity contribution in [2.75, 3.05) is 13.1 Å². The first-order valence-corrected chi connectivity index (χ1v) is 7.46. The number of amides is 1. The fourth-order valence-corrected chi connectivity index (χ4v) is 3.46. The van der Waals surface area contributed by atoms with Crippen LogP contribution in [0.3, 0.4) is 0 Å². The van der Waals surface area contributed by atoms with Gasteiger partial charge >= 0.3 is 0 Å². The lowest BCUT2D eigenvalue weighted by atomic mass is 9.76. The molecule has 2 rings (SSSR count). The van der Waals surface area contributed by atoms with E-state index in [1.165, 1.54) is 19.3 Å². The van der Waals surface area contributed by atoms with E-state index in [9.17, 15) is 9.59 Å². The molecule has 2 aliphatic rings. The molecular formula is C15H25NO2. The summed E-state index contributed by atoms with van der Waals surface area (Å²) in [6.45, 7) is 3.46. The van der Waals surface area contributed by atoms with Gasteiger partial charge in [0.25, 0.3) is 0 Å². The molecular weight excluding hydrogens is 226 g/mol. The Morgan fingerprint density at radius 3 is 2.22 bits per heavy atom. The van der Waals surface area contributed by atoms with Gasteiger partial charge in [-0.15, -0.1) is 0 Å². The van der Waals surface area contributed by atoms with Crippen LogP contribution >= 0.6 is 0 Å². The highest BCUT2D eigenvalue weighted by Gasteiger charge is 2.31. The Labute approximate surface area is 110 Å². The largest absolute Gasteiger partial charge is 0.343 e. The lowest BCUT2D eigenvalue weighted by Gasteiger charge is -2.29. The molecule has 1 amide bonds. The predicted molar refractivity (Wildman–Crippen MR) is 71.2 cm³/mol. The van der Waals surface area contributed by atoms with Gasteiger partial charge in [-0.3, -0.25) is 9.59 Å². The van der Waals surface area contributed by atoms with Gasteiger partial charge in [-0.05, 0) is 38.5 Å². The molecule has 1 atom stereocenters. The molecule has 0 unspecified atom stereocenters. The minimum atomic E-state index is -0.0154. The highest BCUT2D eigenvalue weighted by atomic mass is 16.2. The van der Waals surface area contributed by atoms with Crippen molar-refractivity contribution >= 4 is 11.7 Å². The summed E-state index contributed by atoms with van der Waals surface area (Å²) in [5, 5.41) is 0. The molecule has 1 heterocycles. The zero-order valence-electron chi connectivity index (χ0n) is 11.5. The fourth-order valence-electron chi connectivity index (χ4n) is 3.46. The summed E-state index contributed by atoms with van der Waals surface area (Å²) in [6, 6.07) is 0. The average Bonchev–Trinajstić information content (AvgIpc) is 2.90. The van der Waals surface area contributed by atoms with E-state index in [-0.39, 0.29) is 17.6 Å². The maximum atomic E-state index is 12.2. The maximum Gasteiger partial charge on any atom is 0.223 e. The summed E-state index contributed by atoms with van der Waals surface area (Å²) in [5.74, 6) is 0.869. The van der Waals surface area contributed by atoms with E-state index in [2.05, 4.69) is 0 Å². The topological polar surface area (TPSA) is 37.4 Å².